The van der Waals surface area contributed by atoms with E-state index in [0.29, 0.717) is 5.71 Å². The summed E-state index contributed by atoms with van der Waals surface area (Å²) in [7, 11) is 0. The molecule has 6 heterocycles. The van der Waals surface area contributed by atoms with E-state index in [1.54, 1.807) is 0 Å². The third-order valence-electron chi connectivity index (χ3n) is 12.3. The Labute approximate surface area is 334 Å². The summed E-state index contributed by atoms with van der Waals surface area (Å²) in [4.78, 5) is 11.0. The monoisotopic (exact) mass is 756 g/mol. The molecule has 0 spiro atoms. The van der Waals surface area contributed by atoms with Gasteiger partial charge >= 0.3 is 0 Å². The Hall–Kier alpha value is -7.54. The summed E-state index contributed by atoms with van der Waals surface area (Å²) < 4.78 is 13.8. The topological polar surface area (TPSA) is 48.8 Å². The predicted octanol–water partition coefficient (Wildman–Crippen LogP) is 14.3. The molecule has 13 aromatic rings. The lowest BCUT2D eigenvalue weighted by Gasteiger charge is -2.14. The van der Waals surface area contributed by atoms with Gasteiger partial charge in [-0.25, -0.2) is 9.97 Å². The minimum Gasteiger partial charge on any atom is -0.436 e. The lowest BCUT2D eigenvalue weighted by atomic mass is 9.91. The van der Waals surface area contributed by atoms with Crippen molar-refractivity contribution in [1.29, 1.82) is 0 Å². The molecule has 1 aliphatic rings. The average molecular weight is 757 g/mol. The van der Waals surface area contributed by atoms with Crippen molar-refractivity contribution in [3.8, 4) is 45.0 Å². The Bertz CT molecular complexity index is 3940. The number of thiophene rings is 1. The van der Waals surface area contributed by atoms with E-state index >= 15 is 0 Å². The Morgan fingerprint density at radius 1 is 0.466 bits per heavy atom. The first-order valence-electron chi connectivity index (χ1n) is 19.6. The molecule has 1 aliphatic heterocycles. The van der Waals surface area contributed by atoms with Crippen LogP contribution in [0.4, 0.5) is 0 Å². The number of benzene rings is 8. The van der Waals surface area contributed by atoms with Crippen LogP contribution in [-0.4, -0.2) is 19.1 Å². The van der Waals surface area contributed by atoms with Crippen LogP contribution in [0.1, 0.15) is 0 Å². The maximum atomic E-state index is 6.46. The van der Waals surface area contributed by atoms with Gasteiger partial charge < -0.3 is 8.98 Å². The summed E-state index contributed by atoms with van der Waals surface area (Å²) in [5, 5.41) is 8.17. The molecule has 0 amide bonds. The van der Waals surface area contributed by atoms with Crippen LogP contribution in [-0.2, 0) is 0 Å². The number of fused-ring (bicyclic) bond motifs is 18. The van der Waals surface area contributed by atoms with Gasteiger partial charge in [0.25, 0.3) is 0 Å². The number of furan rings is 1. The van der Waals surface area contributed by atoms with Crippen LogP contribution in [0.3, 0.4) is 0 Å². The highest BCUT2D eigenvalue weighted by atomic mass is 32.1. The van der Waals surface area contributed by atoms with Crippen LogP contribution in [0.5, 0.6) is 0 Å². The summed E-state index contributed by atoms with van der Waals surface area (Å²) in [6.07, 6.45) is 0. The molecule has 5 nitrogen and oxygen atoms in total. The predicted molar refractivity (Wildman–Crippen MR) is 241 cm³/mol. The molecule has 268 valence electrons. The zero-order chi connectivity index (χ0) is 37.6. The molecule has 0 bridgehead atoms. The highest BCUT2D eigenvalue weighted by molar-refractivity contribution is 7.25. The van der Waals surface area contributed by atoms with Gasteiger partial charge in [0, 0.05) is 63.8 Å². The number of rotatable bonds is 2. The zero-order valence-corrected chi connectivity index (χ0v) is 31.6. The van der Waals surface area contributed by atoms with Crippen LogP contribution >= 0.6 is 11.3 Å². The van der Waals surface area contributed by atoms with Crippen LogP contribution in [0, 0.1) is 0 Å². The van der Waals surface area contributed by atoms with Crippen LogP contribution in [0.25, 0.3) is 131 Å². The van der Waals surface area contributed by atoms with Crippen molar-refractivity contribution in [2.45, 2.75) is 0 Å². The van der Waals surface area contributed by atoms with E-state index in [0.717, 1.165) is 50.0 Å². The third-order valence-corrected chi connectivity index (χ3v) is 13.4. The Kier molecular flexibility index (Phi) is 5.85. The van der Waals surface area contributed by atoms with Crippen molar-refractivity contribution in [2.24, 2.45) is 0 Å². The van der Waals surface area contributed by atoms with E-state index in [-0.39, 0.29) is 0 Å². The second-order valence-electron chi connectivity index (χ2n) is 15.3. The number of hydrogen-bond donors (Lipinski definition) is 0. The van der Waals surface area contributed by atoms with E-state index < -0.39 is 0 Å². The zero-order valence-electron chi connectivity index (χ0n) is 30.8. The highest BCUT2D eigenvalue weighted by Gasteiger charge is 2.30. The fourth-order valence-corrected chi connectivity index (χ4v) is 11.0. The third kappa shape index (κ3) is 3.89. The first-order valence-corrected chi connectivity index (χ1v) is 20.4. The molecule has 0 radical (unpaired) electrons. The van der Waals surface area contributed by atoms with Gasteiger partial charge in [0.1, 0.15) is 16.8 Å². The molecule has 14 rings (SSSR count). The van der Waals surface area contributed by atoms with Crippen molar-refractivity contribution in [3.63, 3.8) is 0 Å². The van der Waals surface area contributed by atoms with Crippen molar-refractivity contribution in [2.75, 3.05) is 0 Å². The number of hydrogen-bond acceptors (Lipinski definition) is 4. The number of nitrogens with zero attached hydrogens (tertiary/aromatic N) is 4. The van der Waals surface area contributed by atoms with Gasteiger partial charge in [-0.1, -0.05) is 115 Å². The lowest BCUT2D eigenvalue weighted by molar-refractivity contribution is 0.653. The maximum absolute atomic E-state index is 6.46. The minimum absolute atomic E-state index is 0.528. The number of para-hydroxylation sites is 4. The minimum atomic E-state index is 0.528. The summed E-state index contributed by atoms with van der Waals surface area (Å²) in [6.45, 7) is 0. The van der Waals surface area contributed by atoms with Crippen LogP contribution in [0.2, 0.25) is 0 Å². The lowest BCUT2D eigenvalue weighted by Crippen LogP contribution is -2.03. The first kappa shape index (κ1) is 30.7. The molecule has 6 heteroatoms. The van der Waals surface area contributed by atoms with Crippen molar-refractivity contribution in [1.82, 2.24) is 19.1 Å². The van der Waals surface area contributed by atoms with Crippen LogP contribution in [0.15, 0.2) is 174 Å². The number of aromatic nitrogens is 4. The molecule has 5 aromatic heterocycles. The van der Waals surface area contributed by atoms with Crippen molar-refractivity contribution < 1.29 is 4.42 Å². The molecule has 0 fully saturated rings. The fraction of sp³-hybridized carbons (Fsp3) is 0. The maximum Gasteiger partial charge on any atom is 0.247 e. The van der Waals surface area contributed by atoms with Gasteiger partial charge in [-0.05, 0) is 65.7 Å². The Morgan fingerprint density at radius 3 is 2.02 bits per heavy atom. The van der Waals surface area contributed by atoms with Gasteiger partial charge in [-0.15, -0.1) is 11.3 Å². The van der Waals surface area contributed by atoms with E-state index in [2.05, 4.69) is 161 Å². The average Bonchev–Trinajstić information content (AvgIpc) is 4.00. The van der Waals surface area contributed by atoms with Crippen molar-refractivity contribution >= 4 is 97.3 Å². The standard InChI is InChI=1S/C52H28N4OS/c1-2-17-34-30(13-1)31-14-3-8-20-39(31)55-40-21-9-4-15-32(40)38-28-42-46(47(34)50(38)55)35-18-5-10-22-41(35)56(42)51-48(54-52-49(53-51)36-19-6-11-23-43(36)57-52)29-25-26-45-37(27-29)33-16-7-12-24-44(33)58-45/h1-28H. The van der Waals surface area contributed by atoms with Crippen LogP contribution < -0.4 is 0 Å². The highest BCUT2D eigenvalue weighted by Crippen LogP contribution is 2.52. The van der Waals surface area contributed by atoms with Gasteiger partial charge in [0.2, 0.25) is 5.71 Å². The normalized spacial score (nSPS) is 12.5. The molecule has 0 aliphatic carbocycles. The van der Waals surface area contributed by atoms with E-state index in [1.165, 1.54) is 75.3 Å². The Morgan fingerprint density at radius 2 is 1.14 bits per heavy atom. The largest absolute Gasteiger partial charge is 0.436 e. The molecule has 0 saturated heterocycles. The summed E-state index contributed by atoms with van der Waals surface area (Å²) in [5.74, 6) is 0.768. The molecule has 0 unspecified atom stereocenters. The second-order valence-corrected chi connectivity index (χ2v) is 16.4. The van der Waals surface area contributed by atoms with Crippen molar-refractivity contribution in [3.05, 3.63) is 170 Å². The van der Waals surface area contributed by atoms with Gasteiger partial charge in [-0.3, -0.25) is 4.57 Å². The summed E-state index contributed by atoms with van der Waals surface area (Å²) >= 11 is 1.82. The molecule has 0 saturated carbocycles. The molecular formula is C52H28N4OS. The SMILES string of the molecule is c1ccc2c(c1)-c1ccccc1-n1c3ccccc3c3cc4c(c-2c31)c1ccccc1n4-c1nc2c(nc1-c1ccc3sc4ccccc4c3c1)oc1ccccc12. The second kappa shape index (κ2) is 11.1. The molecule has 58 heavy (non-hydrogen) atoms. The molecule has 8 aromatic carbocycles. The van der Waals surface area contributed by atoms with Gasteiger partial charge in [-0.2, -0.15) is 0 Å². The molecular weight excluding hydrogens is 729 g/mol. The summed E-state index contributed by atoms with van der Waals surface area (Å²) in [5.41, 5.74) is 14.4. The first-order chi connectivity index (χ1) is 28.8. The van der Waals surface area contributed by atoms with E-state index in [4.69, 9.17) is 14.4 Å². The van der Waals surface area contributed by atoms with Gasteiger partial charge in [0.05, 0.1) is 27.8 Å². The molecule has 0 N–H and O–H groups in total. The van der Waals surface area contributed by atoms with E-state index in [9.17, 15) is 0 Å². The van der Waals surface area contributed by atoms with Gasteiger partial charge in [0.15, 0.2) is 5.82 Å². The fourth-order valence-electron chi connectivity index (χ4n) is 9.88. The summed E-state index contributed by atoms with van der Waals surface area (Å²) in [6, 6.07) is 61.3. The smallest absolute Gasteiger partial charge is 0.247 e. The van der Waals surface area contributed by atoms with E-state index in [1.807, 2.05) is 29.5 Å². The quantitative estimate of drug-likeness (QED) is 0.176. The molecule has 0 atom stereocenters. The Balaban J connectivity index is 1.20.